The van der Waals surface area contributed by atoms with Gasteiger partial charge >= 0.3 is 0 Å². The fourth-order valence-corrected chi connectivity index (χ4v) is 2.29. The Morgan fingerprint density at radius 1 is 1.31 bits per heavy atom. The molecule has 0 aliphatic carbocycles. The molecular weight excluding hydrogens is 200 g/mol. The van der Waals surface area contributed by atoms with Crippen LogP contribution in [-0.4, -0.2) is 23.2 Å². The summed E-state index contributed by atoms with van der Waals surface area (Å²) in [5, 5.41) is 9.55. The lowest BCUT2D eigenvalue weighted by atomic mass is 10.1. The van der Waals surface area contributed by atoms with E-state index in [4.69, 9.17) is 0 Å². The molecule has 2 rings (SSSR count). The van der Waals surface area contributed by atoms with Gasteiger partial charge in [-0.1, -0.05) is 0 Å². The molecule has 1 aliphatic heterocycles. The second-order valence-electron chi connectivity index (χ2n) is 4.62. The van der Waals surface area contributed by atoms with Gasteiger partial charge in [0.15, 0.2) is 0 Å². The Hall–Kier alpha value is -1.09. The van der Waals surface area contributed by atoms with Crippen molar-refractivity contribution < 1.29 is 5.11 Å². The highest BCUT2D eigenvalue weighted by atomic mass is 16.3. The van der Waals surface area contributed by atoms with Gasteiger partial charge in [-0.25, -0.2) is 4.98 Å². The van der Waals surface area contributed by atoms with Gasteiger partial charge in [-0.2, -0.15) is 0 Å². The Bertz CT molecular complexity index is 357. The highest BCUT2D eigenvalue weighted by Gasteiger charge is 2.13. The zero-order valence-corrected chi connectivity index (χ0v) is 10.1. The topological polar surface area (TPSA) is 36.4 Å². The van der Waals surface area contributed by atoms with E-state index < -0.39 is 6.10 Å². The zero-order chi connectivity index (χ0) is 11.5. The van der Waals surface area contributed by atoms with Crippen molar-refractivity contribution in [3.8, 4) is 0 Å². The molecule has 1 saturated heterocycles. The van der Waals surface area contributed by atoms with Crippen molar-refractivity contribution >= 4 is 5.82 Å². The number of pyridine rings is 1. The number of aliphatic hydroxyl groups is 1. The van der Waals surface area contributed by atoms with Crippen molar-refractivity contribution in [2.45, 2.75) is 39.2 Å². The molecule has 0 bridgehead atoms. The lowest BCUT2D eigenvalue weighted by Crippen LogP contribution is -2.30. The third kappa shape index (κ3) is 2.35. The second-order valence-corrected chi connectivity index (χ2v) is 4.62. The maximum absolute atomic E-state index is 9.55. The first-order valence-electron chi connectivity index (χ1n) is 6.08. The molecule has 0 aromatic carbocycles. The van der Waals surface area contributed by atoms with E-state index in [-0.39, 0.29) is 0 Å². The molecule has 1 aliphatic rings. The number of nitrogens with zero attached hydrogens (tertiary/aromatic N) is 2. The van der Waals surface area contributed by atoms with Crippen LogP contribution in [0.4, 0.5) is 5.82 Å². The smallest absolute Gasteiger partial charge is 0.128 e. The summed E-state index contributed by atoms with van der Waals surface area (Å²) in [6.45, 7) is 6.04. The van der Waals surface area contributed by atoms with Crippen molar-refractivity contribution in [2.24, 2.45) is 0 Å². The summed E-state index contributed by atoms with van der Waals surface area (Å²) in [5.74, 6) is 1.06. The Morgan fingerprint density at radius 2 is 2.00 bits per heavy atom. The summed E-state index contributed by atoms with van der Waals surface area (Å²) < 4.78 is 0. The average Bonchev–Trinajstić information content (AvgIpc) is 2.29. The number of anilines is 1. The molecule has 1 atom stereocenters. The van der Waals surface area contributed by atoms with Crippen LogP contribution in [0.25, 0.3) is 0 Å². The fourth-order valence-electron chi connectivity index (χ4n) is 2.29. The predicted molar refractivity (Wildman–Crippen MR) is 65.7 cm³/mol. The lowest BCUT2D eigenvalue weighted by molar-refractivity contribution is 0.198. The molecule has 3 nitrogen and oxygen atoms in total. The monoisotopic (exact) mass is 220 g/mol. The van der Waals surface area contributed by atoms with E-state index in [9.17, 15) is 5.11 Å². The van der Waals surface area contributed by atoms with E-state index in [0.29, 0.717) is 0 Å². The van der Waals surface area contributed by atoms with Crippen molar-refractivity contribution in [2.75, 3.05) is 18.0 Å². The van der Waals surface area contributed by atoms with E-state index in [1.54, 1.807) is 6.92 Å². The van der Waals surface area contributed by atoms with Crippen molar-refractivity contribution in [3.63, 3.8) is 0 Å². The summed E-state index contributed by atoms with van der Waals surface area (Å²) in [5.41, 5.74) is 2.06. The molecule has 3 heteroatoms. The van der Waals surface area contributed by atoms with Gasteiger partial charge in [-0.05, 0) is 44.7 Å². The van der Waals surface area contributed by atoms with Crippen LogP contribution in [0.5, 0.6) is 0 Å². The number of aliphatic hydroxyl groups excluding tert-OH is 1. The molecule has 1 fully saturated rings. The number of hydrogen-bond donors (Lipinski definition) is 1. The first-order chi connectivity index (χ1) is 7.68. The minimum Gasteiger partial charge on any atom is -0.389 e. The molecule has 0 radical (unpaired) electrons. The van der Waals surface area contributed by atoms with Crippen LogP contribution in [0.15, 0.2) is 12.3 Å². The Labute approximate surface area is 97.1 Å². The number of aromatic nitrogens is 1. The van der Waals surface area contributed by atoms with Crippen LogP contribution in [0, 0.1) is 6.92 Å². The first-order valence-corrected chi connectivity index (χ1v) is 6.08. The van der Waals surface area contributed by atoms with Crippen LogP contribution < -0.4 is 4.90 Å². The quantitative estimate of drug-likeness (QED) is 0.831. The maximum Gasteiger partial charge on any atom is 0.128 e. The summed E-state index contributed by atoms with van der Waals surface area (Å²) in [6, 6.07) is 2.09. The molecule has 1 aromatic heterocycles. The second kappa shape index (κ2) is 4.83. The van der Waals surface area contributed by atoms with Gasteiger partial charge in [-0.15, -0.1) is 0 Å². The van der Waals surface area contributed by atoms with E-state index in [1.807, 2.05) is 13.1 Å². The van der Waals surface area contributed by atoms with Crippen molar-refractivity contribution in [1.29, 1.82) is 0 Å². The van der Waals surface area contributed by atoms with Gasteiger partial charge in [0.25, 0.3) is 0 Å². The van der Waals surface area contributed by atoms with E-state index in [0.717, 1.165) is 30.0 Å². The average molecular weight is 220 g/mol. The predicted octanol–water partition coefficient (Wildman–Crippen LogP) is 2.43. The van der Waals surface area contributed by atoms with Gasteiger partial charge < -0.3 is 10.0 Å². The summed E-state index contributed by atoms with van der Waals surface area (Å²) in [6.07, 6.45) is 5.24. The van der Waals surface area contributed by atoms with Crippen molar-refractivity contribution in [1.82, 2.24) is 4.98 Å². The van der Waals surface area contributed by atoms with Crippen LogP contribution in [0.3, 0.4) is 0 Å². The molecule has 0 saturated carbocycles. The summed E-state index contributed by atoms with van der Waals surface area (Å²) >= 11 is 0. The fraction of sp³-hybridized carbons (Fsp3) is 0.615. The van der Waals surface area contributed by atoms with Gasteiger partial charge in [0, 0.05) is 24.8 Å². The van der Waals surface area contributed by atoms with Gasteiger partial charge in [0.05, 0.1) is 6.10 Å². The molecule has 88 valence electrons. The molecule has 0 spiro atoms. The number of hydrogen-bond acceptors (Lipinski definition) is 3. The van der Waals surface area contributed by atoms with Gasteiger partial charge in [0.2, 0.25) is 0 Å². The van der Waals surface area contributed by atoms with Crippen LogP contribution in [-0.2, 0) is 0 Å². The normalized spacial score (nSPS) is 18.6. The number of rotatable bonds is 2. The largest absolute Gasteiger partial charge is 0.389 e. The van der Waals surface area contributed by atoms with Crippen molar-refractivity contribution in [3.05, 3.63) is 23.4 Å². The first kappa shape index (κ1) is 11.4. The number of aryl methyl sites for hydroxylation is 1. The minimum absolute atomic E-state index is 0.428. The third-order valence-electron chi connectivity index (χ3n) is 3.27. The summed E-state index contributed by atoms with van der Waals surface area (Å²) in [4.78, 5) is 6.79. The molecule has 16 heavy (non-hydrogen) atoms. The highest BCUT2D eigenvalue weighted by Crippen LogP contribution is 2.22. The van der Waals surface area contributed by atoms with Crippen LogP contribution in [0.2, 0.25) is 0 Å². The molecule has 2 heterocycles. The standard InChI is InChI=1S/C13H20N2O/c1-10-8-13(14-9-12(10)11(2)16)15-6-4-3-5-7-15/h8-9,11,16H,3-7H2,1-2H3. The van der Waals surface area contributed by atoms with Crippen LogP contribution in [0.1, 0.15) is 43.4 Å². The third-order valence-corrected chi connectivity index (χ3v) is 3.27. The molecule has 1 N–H and O–H groups in total. The Kier molecular flexibility index (Phi) is 3.44. The molecule has 1 unspecified atom stereocenters. The SMILES string of the molecule is Cc1cc(N2CCCCC2)ncc1C(C)O. The molecular formula is C13H20N2O. The van der Waals surface area contributed by atoms with E-state index >= 15 is 0 Å². The zero-order valence-electron chi connectivity index (χ0n) is 10.1. The van der Waals surface area contributed by atoms with Gasteiger partial charge in [0.1, 0.15) is 5.82 Å². The van der Waals surface area contributed by atoms with E-state index in [1.165, 1.54) is 19.3 Å². The minimum atomic E-state index is -0.428. The lowest BCUT2D eigenvalue weighted by Gasteiger charge is -2.28. The summed E-state index contributed by atoms with van der Waals surface area (Å²) in [7, 11) is 0. The highest BCUT2D eigenvalue weighted by molar-refractivity contribution is 5.44. The van der Waals surface area contributed by atoms with Gasteiger partial charge in [-0.3, -0.25) is 0 Å². The maximum atomic E-state index is 9.55. The Balaban J connectivity index is 2.19. The van der Waals surface area contributed by atoms with Crippen LogP contribution >= 0.6 is 0 Å². The number of piperidine rings is 1. The van der Waals surface area contributed by atoms with E-state index in [2.05, 4.69) is 16.0 Å². The Morgan fingerprint density at radius 3 is 2.56 bits per heavy atom. The molecule has 0 amide bonds. The molecule has 1 aromatic rings.